The molecule has 1 heterocycles. The number of carbonyl (C=O) groups excluding carboxylic acids is 1. The van der Waals surface area contributed by atoms with Crippen molar-refractivity contribution in [3.8, 4) is 0 Å². The van der Waals surface area contributed by atoms with E-state index in [1.165, 1.54) is 31.4 Å². The van der Waals surface area contributed by atoms with Gasteiger partial charge in [-0.1, -0.05) is 18.6 Å². The smallest absolute Gasteiger partial charge is 0.315 e. The number of rotatable bonds is 6. The lowest BCUT2D eigenvalue weighted by Crippen LogP contribution is -2.41. The highest BCUT2D eigenvalue weighted by molar-refractivity contribution is 7.89. The molecular weight excluding hydrogens is 316 g/mol. The minimum absolute atomic E-state index is 0.0623. The van der Waals surface area contributed by atoms with Gasteiger partial charge in [-0.2, -0.15) is 0 Å². The number of primary sulfonamides is 1. The minimum atomic E-state index is -3.68. The standard InChI is InChI=1S/C15H24N4O3S/c16-23(21,22)14-6-4-13(5-7-14)12-18-15(20)17-8-11-19-9-2-1-3-10-19/h4-7H,1-3,8-12H2,(H2,16,21,22)(H2,17,18,20). The number of nitrogens with zero attached hydrogens (tertiary/aromatic N) is 1. The van der Waals surface area contributed by atoms with Gasteiger partial charge >= 0.3 is 6.03 Å². The second kappa shape index (κ2) is 8.28. The van der Waals surface area contributed by atoms with Gasteiger partial charge in [0, 0.05) is 19.6 Å². The molecule has 1 aromatic rings. The van der Waals surface area contributed by atoms with Crippen molar-refractivity contribution >= 4 is 16.1 Å². The van der Waals surface area contributed by atoms with E-state index >= 15 is 0 Å². The Bertz CT molecular complexity index is 610. The van der Waals surface area contributed by atoms with Crippen LogP contribution in [0.3, 0.4) is 0 Å². The number of benzene rings is 1. The summed E-state index contributed by atoms with van der Waals surface area (Å²) in [6, 6.07) is 5.90. The van der Waals surface area contributed by atoms with E-state index in [1.807, 2.05) is 0 Å². The lowest BCUT2D eigenvalue weighted by molar-refractivity contribution is 0.220. The van der Waals surface area contributed by atoms with Crippen molar-refractivity contribution in [2.24, 2.45) is 5.14 Å². The molecule has 0 atom stereocenters. The van der Waals surface area contributed by atoms with E-state index in [4.69, 9.17) is 5.14 Å². The number of nitrogens with one attached hydrogen (secondary N) is 2. The first kappa shape index (κ1) is 17.7. The van der Waals surface area contributed by atoms with Crippen LogP contribution < -0.4 is 15.8 Å². The zero-order chi connectivity index (χ0) is 16.7. The van der Waals surface area contributed by atoms with Crippen LogP contribution in [-0.4, -0.2) is 45.5 Å². The normalized spacial score (nSPS) is 16.0. The summed E-state index contributed by atoms with van der Waals surface area (Å²) < 4.78 is 22.3. The maximum Gasteiger partial charge on any atom is 0.315 e. The molecule has 8 heteroatoms. The van der Waals surface area contributed by atoms with Crippen LogP contribution in [0.4, 0.5) is 4.79 Å². The summed E-state index contributed by atoms with van der Waals surface area (Å²) in [7, 11) is -3.68. The molecule has 1 saturated heterocycles. The third-order valence-corrected chi connectivity index (χ3v) is 4.80. The summed E-state index contributed by atoms with van der Waals surface area (Å²) in [4.78, 5) is 14.1. The Balaban J connectivity index is 1.67. The fourth-order valence-electron chi connectivity index (χ4n) is 2.55. The van der Waals surface area contributed by atoms with E-state index in [-0.39, 0.29) is 10.9 Å². The average Bonchev–Trinajstić information content (AvgIpc) is 2.53. The van der Waals surface area contributed by atoms with Gasteiger partial charge in [-0.3, -0.25) is 0 Å². The third-order valence-electron chi connectivity index (χ3n) is 3.87. The van der Waals surface area contributed by atoms with Gasteiger partial charge in [0.2, 0.25) is 10.0 Å². The molecule has 2 amide bonds. The van der Waals surface area contributed by atoms with Crippen LogP contribution in [-0.2, 0) is 16.6 Å². The quantitative estimate of drug-likeness (QED) is 0.706. The minimum Gasteiger partial charge on any atom is -0.337 e. The first-order valence-electron chi connectivity index (χ1n) is 7.81. The molecule has 0 spiro atoms. The highest BCUT2D eigenvalue weighted by Gasteiger charge is 2.10. The molecule has 2 rings (SSSR count). The van der Waals surface area contributed by atoms with Crippen molar-refractivity contribution in [2.45, 2.75) is 30.7 Å². The van der Waals surface area contributed by atoms with E-state index in [2.05, 4.69) is 15.5 Å². The van der Waals surface area contributed by atoms with E-state index in [1.54, 1.807) is 12.1 Å². The number of sulfonamides is 1. The number of nitrogens with two attached hydrogens (primary N) is 1. The molecular formula is C15H24N4O3S. The second-order valence-corrected chi connectivity index (χ2v) is 7.26. The van der Waals surface area contributed by atoms with E-state index in [9.17, 15) is 13.2 Å². The number of piperidine rings is 1. The number of hydrogen-bond donors (Lipinski definition) is 3. The molecule has 4 N–H and O–H groups in total. The fourth-order valence-corrected chi connectivity index (χ4v) is 3.07. The molecule has 1 fully saturated rings. The van der Waals surface area contributed by atoms with Crippen LogP contribution in [0.1, 0.15) is 24.8 Å². The molecule has 0 aromatic heterocycles. The van der Waals surface area contributed by atoms with E-state index in [0.717, 1.165) is 25.2 Å². The second-order valence-electron chi connectivity index (χ2n) is 5.70. The Morgan fingerprint density at radius 3 is 2.35 bits per heavy atom. The summed E-state index contributed by atoms with van der Waals surface area (Å²) >= 11 is 0. The van der Waals surface area contributed by atoms with E-state index in [0.29, 0.717) is 13.1 Å². The van der Waals surface area contributed by atoms with Gasteiger partial charge in [-0.05, 0) is 43.6 Å². The lowest BCUT2D eigenvalue weighted by atomic mass is 10.1. The monoisotopic (exact) mass is 340 g/mol. The molecule has 128 valence electrons. The zero-order valence-electron chi connectivity index (χ0n) is 13.1. The number of likely N-dealkylation sites (tertiary alicyclic amines) is 1. The Morgan fingerprint density at radius 2 is 1.74 bits per heavy atom. The summed E-state index contributed by atoms with van der Waals surface area (Å²) in [5.74, 6) is 0. The average molecular weight is 340 g/mol. The van der Waals surface area contributed by atoms with Gasteiger partial charge < -0.3 is 15.5 Å². The van der Waals surface area contributed by atoms with Gasteiger partial charge in [-0.15, -0.1) is 0 Å². The molecule has 1 aromatic carbocycles. The molecule has 0 bridgehead atoms. The van der Waals surface area contributed by atoms with Crippen LogP contribution in [0, 0.1) is 0 Å². The number of carbonyl (C=O) groups is 1. The Morgan fingerprint density at radius 1 is 1.09 bits per heavy atom. The maximum absolute atomic E-state index is 11.7. The molecule has 0 aliphatic carbocycles. The maximum atomic E-state index is 11.7. The summed E-state index contributed by atoms with van der Waals surface area (Å²) in [5.41, 5.74) is 0.809. The highest BCUT2D eigenvalue weighted by atomic mass is 32.2. The molecule has 0 saturated carbocycles. The SMILES string of the molecule is NS(=O)(=O)c1ccc(CNC(=O)NCCN2CCCCC2)cc1. The topological polar surface area (TPSA) is 105 Å². The highest BCUT2D eigenvalue weighted by Crippen LogP contribution is 2.08. The van der Waals surface area contributed by atoms with Crippen molar-refractivity contribution < 1.29 is 13.2 Å². The van der Waals surface area contributed by atoms with Crippen molar-refractivity contribution in [3.63, 3.8) is 0 Å². The predicted octanol–water partition coefficient (Wildman–Crippen LogP) is 0.619. The first-order valence-corrected chi connectivity index (χ1v) is 9.35. The van der Waals surface area contributed by atoms with Gasteiger partial charge in [-0.25, -0.2) is 18.4 Å². The van der Waals surface area contributed by atoms with Gasteiger partial charge in [0.05, 0.1) is 4.90 Å². The van der Waals surface area contributed by atoms with Crippen molar-refractivity contribution in [1.82, 2.24) is 15.5 Å². The van der Waals surface area contributed by atoms with Crippen LogP contribution >= 0.6 is 0 Å². The molecule has 1 aliphatic rings. The largest absolute Gasteiger partial charge is 0.337 e. The van der Waals surface area contributed by atoms with E-state index < -0.39 is 10.0 Å². The molecule has 1 aliphatic heterocycles. The van der Waals surface area contributed by atoms with Gasteiger partial charge in [0.25, 0.3) is 0 Å². The molecule has 0 unspecified atom stereocenters. The zero-order valence-corrected chi connectivity index (χ0v) is 13.9. The third kappa shape index (κ3) is 6.17. The van der Waals surface area contributed by atoms with Gasteiger partial charge in [0.1, 0.15) is 0 Å². The summed E-state index contributed by atoms with van der Waals surface area (Å²) in [6.07, 6.45) is 3.77. The van der Waals surface area contributed by atoms with Crippen LogP contribution in [0.25, 0.3) is 0 Å². The molecule has 0 radical (unpaired) electrons. The molecule has 7 nitrogen and oxygen atoms in total. The van der Waals surface area contributed by atoms with Crippen molar-refractivity contribution in [1.29, 1.82) is 0 Å². The predicted molar refractivity (Wildman–Crippen MR) is 88.3 cm³/mol. The van der Waals surface area contributed by atoms with Crippen LogP contribution in [0.15, 0.2) is 29.2 Å². The Labute approximate surface area is 137 Å². The Kier molecular flexibility index (Phi) is 6.37. The van der Waals surface area contributed by atoms with Gasteiger partial charge in [0.15, 0.2) is 0 Å². The first-order chi connectivity index (χ1) is 10.9. The number of hydrogen-bond acceptors (Lipinski definition) is 4. The summed E-state index contributed by atoms with van der Waals surface area (Å²) in [6.45, 7) is 4.05. The summed E-state index contributed by atoms with van der Waals surface area (Å²) in [5, 5.41) is 10.6. The lowest BCUT2D eigenvalue weighted by Gasteiger charge is -2.26. The van der Waals surface area contributed by atoms with Crippen LogP contribution in [0.2, 0.25) is 0 Å². The number of urea groups is 1. The van der Waals surface area contributed by atoms with Crippen molar-refractivity contribution in [2.75, 3.05) is 26.2 Å². The van der Waals surface area contributed by atoms with Crippen LogP contribution in [0.5, 0.6) is 0 Å². The fraction of sp³-hybridized carbons (Fsp3) is 0.533. The number of amides is 2. The molecule has 23 heavy (non-hydrogen) atoms. The Hall–Kier alpha value is -1.64. The van der Waals surface area contributed by atoms with Crippen molar-refractivity contribution in [3.05, 3.63) is 29.8 Å².